The molecule has 1 rings (SSSR count). The Balaban J connectivity index is 2.31. The van der Waals surface area contributed by atoms with Crippen LogP contribution in [0.25, 0.3) is 0 Å². The number of carboxylic acids is 1. The van der Waals surface area contributed by atoms with Crippen molar-refractivity contribution in [2.24, 2.45) is 5.92 Å². The lowest BCUT2D eigenvalue weighted by Gasteiger charge is -2.30. The lowest BCUT2D eigenvalue weighted by molar-refractivity contribution is -0.143. The highest BCUT2D eigenvalue weighted by Gasteiger charge is 2.27. The molecule has 0 aliphatic carbocycles. The molecule has 1 aliphatic heterocycles. The van der Waals surface area contributed by atoms with Crippen LogP contribution in [0.2, 0.25) is 0 Å². The molecule has 3 N–H and O–H groups in total. The van der Waals surface area contributed by atoms with Gasteiger partial charge in [0.2, 0.25) is 5.91 Å². The molecule has 1 heterocycles. The number of nitrogens with zero attached hydrogens (tertiary/aromatic N) is 1. The Morgan fingerprint density at radius 2 is 1.75 bits per heavy atom. The summed E-state index contributed by atoms with van der Waals surface area (Å²) in [6.45, 7) is 6.33. The van der Waals surface area contributed by atoms with Gasteiger partial charge in [0.1, 0.15) is 0 Å². The van der Waals surface area contributed by atoms with Gasteiger partial charge in [0.05, 0.1) is 12.5 Å². The van der Waals surface area contributed by atoms with Crippen molar-refractivity contribution in [2.45, 2.75) is 39.2 Å². The predicted octanol–water partition coefficient (Wildman–Crippen LogP) is 0.407. The summed E-state index contributed by atoms with van der Waals surface area (Å²) in [5.41, 5.74) is -0.332. The lowest BCUT2D eigenvalue weighted by atomic mass is 9.97. The Bertz CT molecular complexity index is 382. The van der Waals surface area contributed by atoms with Crippen LogP contribution >= 0.6 is 0 Å². The van der Waals surface area contributed by atoms with E-state index in [9.17, 15) is 14.4 Å². The van der Waals surface area contributed by atoms with Crippen molar-refractivity contribution in [3.8, 4) is 0 Å². The van der Waals surface area contributed by atoms with Gasteiger partial charge >= 0.3 is 12.0 Å². The van der Waals surface area contributed by atoms with E-state index in [-0.39, 0.29) is 29.9 Å². The monoisotopic (exact) mass is 285 g/mol. The van der Waals surface area contributed by atoms with Crippen molar-refractivity contribution in [3.63, 3.8) is 0 Å². The van der Waals surface area contributed by atoms with Crippen LogP contribution in [0.15, 0.2) is 0 Å². The number of piperidine rings is 1. The van der Waals surface area contributed by atoms with Crippen LogP contribution in [0.3, 0.4) is 0 Å². The maximum Gasteiger partial charge on any atom is 0.317 e. The van der Waals surface area contributed by atoms with Crippen LogP contribution in [0.1, 0.15) is 33.6 Å². The topological polar surface area (TPSA) is 98.7 Å². The molecule has 114 valence electrons. The molecule has 0 aromatic carbocycles. The standard InChI is InChI=1S/C13H23N3O4/c1-13(2,3)15-10(17)8-14-12(20)16-6-4-9(5-7-16)11(18)19/h9H,4-8H2,1-3H3,(H,14,20)(H,15,17)(H,18,19). The van der Waals surface area contributed by atoms with Crippen molar-refractivity contribution in [1.29, 1.82) is 0 Å². The van der Waals surface area contributed by atoms with E-state index in [4.69, 9.17) is 5.11 Å². The third-order valence-corrected chi connectivity index (χ3v) is 3.05. The van der Waals surface area contributed by atoms with Gasteiger partial charge in [-0.1, -0.05) is 0 Å². The molecular weight excluding hydrogens is 262 g/mol. The summed E-state index contributed by atoms with van der Waals surface area (Å²) in [7, 11) is 0. The molecule has 0 aromatic rings. The van der Waals surface area contributed by atoms with Gasteiger partial charge < -0.3 is 20.6 Å². The highest BCUT2D eigenvalue weighted by atomic mass is 16.4. The summed E-state index contributed by atoms with van der Waals surface area (Å²) in [6.07, 6.45) is 0.911. The van der Waals surface area contributed by atoms with Gasteiger partial charge in [0, 0.05) is 18.6 Å². The van der Waals surface area contributed by atoms with Gasteiger partial charge in [-0.3, -0.25) is 9.59 Å². The van der Waals surface area contributed by atoms with E-state index in [1.165, 1.54) is 0 Å². The first kappa shape index (κ1) is 16.3. The molecule has 0 saturated carbocycles. The van der Waals surface area contributed by atoms with Crippen molar-refractivity contribution < 1.29 is 19.5 Å². The molecule has 7 nitrogen and oxygen atoms in total. The van der Waals surface area contributed by atoms with Gasteiger partial charge in [-0.15, -0.1) is 0 Å². The van der Waals surface area contributed by atoms with Gasteiger partial charge in [0.15, 0.2) is 0 Å². The molecule has 3 amide bonds. The van der Waals surface area contributed by atoms with Gasteiger partial charge in [0.25, 0.3) is 0 Å². The zero-order valence-corrected chi connectivity index (χ0v) is 12.2. The number of nitrogens with one attached hydrogen (secondary N) is 2. The molecule has 1 fully saturated rings. The van der Waals surface area contributed by atoms with E-state index in [2.05, 4.69) is 10.6 Å². The first-order valence-electron chi connectivity index (χ1n) is 6.75. The third-order valence-electron chi connectivity index (χ3n) is 3.05. The SMILES string of the molecule is CC(C)(C)NC(=O)CNC(=O)N1CCC(C(=O)O)CC1. The van der Waals surface area contributed by atoms with Crippen LogP contribution in [0.5, 0.6) is 0 Å². The zero-order chi connectivity index (χ0) is 15.3. The molecule has 0 radical (unpaired) electrons. The number of urea groups is 1. The fraction of sp³-hybridized carbons (Fsp3) is 0.769. The van der Waals surface area contributed by atoms with Crippen molar-refractivity contribution >= 4 is 17.9 Å². The largest absolute Gasteiger partial charge is 0.481 e. The second-order valence-electron chi connectivity index (χ2n) is 6.06. The second-order valence-corrected chi connectivity index (χ2v) is 6.06. The highest BCUT2D eigenvalue weighted by Crippen LogP contribution is 2.16. The second kappa shape index (κ2) is 6.58. The first-order chi connectivity index (χ1) is 9.19. The van der Waals surface area contributed by atoms with Gasteiger partial charge in [-0.25, -0.2) is 4.79 Å². The van der Waals surface area contributed by atoms with Crippen molar-refractivity contribution in [1.82, 2.24) is 15.5 Å². The normalized spacial score (nSPS) is 16.6. The van der Waals surface area contributed by atoms with Crippen LogP contribution in [0.4, 0.5) is 4.79 Å². The minimum absolute atomic E-state index is 0.0744. The first-order valence-corrected chi connectivity index (χ1v) is 6.75. The molecule has 20 heavy (non-hydrogen) atoms. The molecular formula is C13H23N3O4. The number of carbonyl (C=O) groups is 3. The van der Waals surface area contributed by atoms with Crippen LogP contribution in [-0.4, -0.2) is 53.1 Å². The summed E-state index contributed by atoms with van der Waals surface area (Å²) in [5.74, 6) is -1.43. The fourth-order valence-corrected chi connectivity index (χ4v) is 2.06. The summed E-state index contributed by atoms with van der Waals surface area (Å²) in [4.78, 5) is 35.7. The van der Waals surface area contributed by atoms with Crippen LogP contribution in [0, 0.1) is 5.92 Å². The molecule has 1 saturated heterocycles. The predicted molar refractivity (Wildman–Crippen MR) is 73.2 cm³/mol. The number of rotatable bonds is 3. The van der Waals surface area contributed by atoms with E-state index in [1.54, 1.807) is 4.90 Å². The van der Waals surface area contributed by atoms with Crippen molar-refractivity contribution in [2.75, 3.05) is 19.6 Å². The molecule has 0 aromatic heterocycles. The number of aliphatic carboxylic acids is 1. The molecule has 0 spiro atoms. The zero-order valence-electron chi connectivity index (χ0n) is 12.2. The summed E-state index contributed by atoms with van der Waals surface area (Å²) in [5, 5.41) is 14.2. The third kappa shape index (κ3) is 5.46. The van der Waals surface area contributed by atoms with Crippen LogP contribution < -0.4 is 10.6 Å². The van der Waals surface area contributed by atoms with Gasteiger partial charge in [-0.05, 0) is 33.6 Å². The number of amides is 3. The smallest absolute Gasteiger partial charge is 0.317 e. The minimum Gasteiger partial charge on any atom is -0.481 e. The summed E-state index contributed by atoms with van der Waals surface area (Å²) in [6, 6.07) is -0.321. The highest BCUT2D eigenvalue weighted by molar-refractivity contribution is 5.84. The Kier molecular flexibility index (Phi) is 5.35. The Morgan fingerprint density at radius 1 is 1.20 bits per heavy atom. The average Bonchev–Trinajstić information content (AvgIpc) is 2.34. The van der Waals surface area contributed by atoms with E-state index in [0.29, 0.717) is 25.9 Å². The Morgan fingerprint density at radius 3 is 2.20 bits per heavy atom. The number of likely N-dealkylation sites (tertiary alicyclic amines) is 1. The van der Waals surface area contributed by atoms with E-state index in [0.717, 1.165) is 0 Å². The fourth-order valence-electron chi connectivity index (χ4n) is 2.06. The maximum atomic E-state index is 11.8. The quantitative estimate of drug-likeness (QED) is 0.699. The molecule has 0 atom stereocenters. The van der Waals surface area contributed by atoms with Gasteiger partial charge in [-0.2, -0.15) is 0 Å². The summed E-state index contributed by atoms with van der Waals surface area (Å²) >= 11 is 0. The van der Waals surface area contributed by atoms with E-state index < -0.39 is 5.97 Å². The number of hydrogen-bond acceptors (Lipinski definition) is 3. The molecule has 1 aliphatic rings. The number of hydrogen-bond donors (Lipinski definition) is 3. The molecule has 7 heteroatoms. The van der Waals surface area contributed by atoms with E-state index >= 15 is 0 Å². The molecule has 0 bridgehead atoms. The van der Waals surface area contributed by atoms with Crippen molar-refractivity contribution in [3.05, 3.63) is 0 Å². The Labute approximate surface area is 118 Å². The van der Waals surface area contributed by atoms with Crippen LogP contribution in [-0.2, 0) is 9.59 Å². The lowest BCUT2D eigenvalue weighted by Crippen LogP contribution is -2.50. The number of carbonyl (C=O) groups excluding carboxylic acids is 2. The molecule has 0 unspecified atom stereocenters. The van der Waals surface area contributed by atoms with E-state index in [1.807, 2.05) is 20.8 Å². The maximum absolute atomic E-state index is 11.8. The summed E-state index contributed by atoms with van der Waals surface area (Å²) < 4.78 is 0. The Hall–Kier alpha value is -1.79. The average molecular weight is 285 g/mol. The minimum atomic E-state index is -0.811. The number of carboxylic acid groups (broad SMARTS) is 1.